The fraction of sp³-hybridized carbons (Fsp3) is 0.500. The van der Waals surface area contributed by atoms with Crippen LogP contribution < -0.4 is 10.5 Å². The highest BCUT2D eigenvalue weighted by Crippen LogP contribution is 2.19. The van der Waals surface area contributed by atoms with Gasteiger partial charge in [-0.05, 0) is 37.1 Å². The molecule has 0 radical (unpaired) electrons. The zero-order chi connectivity index (χ0) is 12.7. The molecule has 1 aromatic rings. The molecule has 0 fully saturated rings. The first kappa shape index (κ1) is 13.6. The number of benzene rings is 1. The molecular formula is C14H22N2O. The first-order chi connectivity index (χ1) is 8.15. The van der Waals surface area contributed by atoms with Gasteiger partial charge in [-0.2, -0.15) is 0 Å². The molecule has 0 bridgehead atoms. The number of nitrogen functional groups attached to an aromatic ring is 1. The molecule has 0 atom stereocenters. The summed E-state index contributed by atoms with van der Waals surface area (Å²) in [5.74, 6) is 0.995. The molecule has 3 nitrogen and oxygen atoms in total. The van der Waals surface area contributed by atoms with Gasteiger partial charge in [0.05, 0.1) is 6.61 Å². The molecule has 0 aliphatic carbocycles. The Bertz CT molecular complexity index is 374. The van der Waals surface area contributed by atoms with Crippen molar-refractivity contribution in [3.05, 3.63) is 29.3 Å². The van der Waals surface area contributed by atoms with Gasteiger partial charge in [-0.3, -0.25) is 5.41 Å². The summed E-state index contributed by atoms with van der Waals surface area (Å²) in [6.07, 6.45) is 4.83. The van der Waals surface area contributed by atoms with E-state index in [0.29, 0.717) is 0 Å². The molecule has 0 aliphatic heterocycles. The molecule has 0 amide bonds. The fourth-order valence-electron chi connectivity index (χ4n) is 1.69. The average Bonchev–Trinajstić information content (AvgIpc) is 2.30. The second-order valence-corrected chi connectivity index (χ2v) is 4.30. The number of nitrogens with one attached hydrogen (secondary N) is 1. The molecule has 0 heterocycles. The maximum absolute atomic E-state index is 7.35. The number of hydrogen-bond donors (Lipinski definition) is 2. The molecule has 0 unspecified atom stereocenters. The Morgan fingerprint density at radius 3 is 2.65 bits per heavy atom. The van der Waals surface area contributed by atoms with Crippen molar-refractivity contribution in [1.82, 2.24) is 0 Å². The van der Waals surface area contributed by atoms with Gasteiger partial charge in [0, 0.05) is 5.56 Å². The molecule has 0 saturated heterocycles. The largest absolute Gasteiger partial charge is 0.493 e. The predicted molar refractivity (Wildman–Crippen MR) is 71.8 cm³/mol. The lowest BCUT2D eigenvalue weighted by molar-refractivity contribution is 0.303. The van der Waals surface area contributed by atoms with Gasteiger partial charge < -0.3 is 10.5 Å². The molecule has 17 heavy (non-hydrogen) atoms. The van der Waals surface area contributed by atoms with Gasteiger partial charge >= 0.3 is 0 Å². The van der Waals surface area contributed by atoms with E-state index < -0.39 is 0 Å². The fourth-order valence-corrected chi connectivity index (χ4v) is 1.69. The van der Waals surface area contributed by atoms with Crippen LogP contribution in [0.25, 0.3) is 0 Å². The van der Waals surface area contributed by atoms with Crippen molar-refractivity contribution < 1.29 is 4.74 Å². The molecule has 0 saturated carbocycles. The number of nitrogens with two attached hydrogens (primary N) is 1. The van der Waals surface area contributed by atoms with Gasteiger partial charge in [-0.1, -0.05) is 26.2 Å². The normalized spacial score (nSPS) is 10.2. The molecule has 94 valence electrons. The van der Waals surface area contributed by atoms with Crippen LogP contribution in [0.1, 0.15) is 43.7 Å². The van der Waals surface area contributed by atoms with E-state index in [2.05, 4.69) is 6.92 Å². The third kappa shape index (κ3) is 4.47. The number of hydrogen-bond acceptors (Lipinski definition) is 2. The Labute approximate surface area is 103 Å². The molecule has 1 aromatic carbocycles. The highest BCUT2D eigenvalue weighted by molar-refractivity contribution is 5.95. The summed E-state index contributed by atoms with van der Waals surface area (Å²) in [4.78, 5) is 0. The zero-order valence-corrected chi connectivity index (χ0v) is 10.8. The number of rotatable bonds is 7. The Morgan fingerprint density at radius 2 is 2.06 bits per heavy atom. The summed E-state index contributed by atoms with van der Waals surface area (Å²) in [7, 11) is 0. The summed E-state index contributed by atoms with van der Waals surface area (Å²) < 4.78 is 5.71. The van der Waals surface area contributed by atoms with Crippen LogP contribution in [0.5, 0.6) is 5.75 Å². The third-order valence-electron chi connectivity index (χ3n) is 2.74. The molecule has 0 aromatic heterocycles. The maximum Gasteiger partial charge on any atom is 0.122 e. The van der Waals surface area contributed by atoms with Crippen LogP contribution in [0, 0.1) is 12.3 Å². The topological polar surface area (TPSA) is 59.1 Å². The lowest BCUT2D eigenvalue weighted by Gasteiger charge is -2.10. The van der Waals surface area contributed by atoms with Gasteiger partial charge in [-0.25, -0.2) is 0 Å². The van der Waals surface area contributed by atoms with E-state index in [0.717, 1.165) is 29.9 Å². The summed E-state index contributed by atoms with van der Waals surface area (Å²) in [6, 6.07) is 5.62. The maximum atomic E-state index is 7.35. The minimum absolute atomic E-state index is 0.0996. The van der Waals surface area contributed by atoms with E-state index >= 15 is 0 Å². The monoisotopic (exact) mass is 234 g/mol. The zero-order valence-electron chi connectivity index (χ0n) is 10.8. The van der Waals surface area contributed by atoms with Crippen LogP contribution in [0.4, 0.5) is 0 Å². The van der Waals surface area contributed by atoms with Gasteiger partial charge in [0.2, 0.25) is 0 Å². The van der Waals surface area contributed by atoms with Crippen molar-refractivity contribution in [2.24, 2.45) is 5.73 Å². The molecular weight excluding hydrogens is 212 g/mol. The van der Waals surface area contributed by atoms with E-state index in [1.165, 1.54) is 19.3 Å². The van der Waals surface area contributed by atoms with Gasteiger partial charge in [0.25, 0.3) is 0 Å². The van der Waals surface area contributed by atoms with Crippen LogP contribution in [-0.4, -0.2) is 12.4 Å². The van der Waals surface area contributed by atoms with Crippen molar-refractivity contribution in [2.75, 3.05) is 6.61 Å². The molecule has 1 rings (SSSR count). The van der Waals surface area contributed by atoms with E-state index in [1.807, 2.05) is 25.1 Å². The van der Waals surface area contributed by atoms with Crippen molar-refractivity contribution in [2.45, 2.75) is 39.5 Å². The Balaban J connectivity index is 2.46. The van der Waals surface area contributed by atoms with Crippen molar-refractivity contribution in [1.29, 1.82) is 5.41 Å². The molecule has 0 spiro atoms. The van der Waals surface area contributed by atoms with Gasteiger partial charge in [0.15, 0.2) is 0 Å². The summed E-state index contributed by atoms with van der Waals surface area (Å²) in [6.45, 7) is 4.94. The van der Waals surface area contributed by atoms with Gasteiger partial charge in [0.1, 0.15) is 11.6 Å². The standard InChI is InChI=1S/C14H22N2O/c1-3-4-5-6-9-17-13-8-7-12(14(15)16)10-11(13)2/h7-8,10H,3-6,9H2,1-2H3,(H3,15,16). The first-order valence-corrected chi connectivity index (χ1v) is 6.23. The number of aryl methyl sites for hydroxylation is 1. The average molecular weight is 234 g/mol. The van der Waals surface area contributed by atoms with Crippen LogP contribution in [-0.2, 0) is 0 Å². The summed E-state index contributed by atoms with van der Waals surface area (Å²) in [5.41, 5.74) is 7.22. The molecule has 3 heteroatoms. The third-order valence-corrected chi connectivity index (χ3v) is 2.74. The van der Waals surface area contributed by atoms with Crippen LogP contribution >= 0.6 is 0 Å². The Kier molecular flexibility index (Phi) is 5.53. The highest BCUT2D eigenvalue weighted by atomic mass is 16.5. The quantitative estimate of drug-likeness (QED) is 0.432. The van der Waals surface area contributed by atoms with Crippen molar-refractivity contribution in [3.63, 3.8) is 0 Å². The lowest BCUT2D eigenvalue weighted by atomic mass is 10.1. The first-order valence-electron chi connectivity index (χ1n) is 6.23. The number of amidine groups is 1. The second kappa shape index (κ2) is 6.94. The number of unbranched alkanes of at least 4 members (excludes halogenated alkanes) is 3. The van der Waals surface area contributed by atoms with Gasteiger partial charge in [-0.15, -0.1) is 0 Å². The Morgan fingerprint density at radius 1 is 1.29 bits per heavy atom. The van der Waals surface area contributed by atoms with E-state index in [-0.39, 0.29) is 5.84 Å². The lowest BCUT2D eigenvalue weighted by Crippen LogP contribution is -2.11. The van der Waals surface area contributed by atoms with Crippen LogP contribution in [0.2, 0.25) is 0 Å². The predicted octanol–water partition coefficient (Wildman–Crippen LogP) is 3.24. The van der Waals surface area contributed by atoms with Crippen LogP contribution in [0.15, 0.2) is 18.2 Å². The van der Waals surface area contributed by atoms with E-state index in [1.54, 1.807) is 0 Å². The Hall–Kier alpha value is -1.51. The number of ether oxygens (including phenoxy) is 1. The summed E-state index contributed by atoms with van der Waals surface area (Å²) >= 11 is 0. The molecule has 0 aliphatic rings. The van der Waals surface area contributed by atoms with E-state index in [9.17, 15) is 0 Å². The minimum Gasteiger partial charge on any atom is -0.493 e. The van der Waals surface area contributed by atoms with Crippen molar-refractivity contribution >= 4 is 5.84 Å². The van der Waals surface area contributed by atoms with E-state index in [4.69, 9.17) is 15.9 Å². The highest BCUT2D eigenvalue weighted by Gasteiger charge is 2.02. The molecule has 3 N–H and O–H groups in total. The van der Waals surface area contributed by atoms with Crippen LogP contribution in [0.3, 0.4) is 0 Å². The smallest absolute Gasteiger partial charge is 0.122 e. The second-order valence-electron chi connectivity index (χ2n) is 4.30. The summed E-state index contributed by atoms with van der Waals surface area (Å²) in [5, 5.41) is 7.35. The van der Waals surface area contributed by atoms with Crippen molar-refractivity contribution in [3.8, 4) is 5.75 Å². The SMILES string of the molecule is CCCCCCOc1ccc(C(=N)N)cc1C. The minimum atomic E-state index is 0.0996.